The predicted octanol–water partition coefficient (Wildman–Crippen LogP) is 3.29. The maximum Gasteiger partial charge on any atom is 0.242 e. The summed E-state index contributed by atoms with van der Waals surface area (Å²) in [5.41, 5.74) is 1.87. The lowest BCUT2D eigenvalue weighted by atomic mass is 10.0. The van der Waals surface area contributed by atoms with Gasteiger partial charge in [0.1, 0.15) is 17.6 Å². The summed E-state index contributed by atoms with van der Waals surface area (Å²) >= 11 is 0. The van der Waals surface area contributed by atoms with E-state index in [-0.39, 0.29) is 17.8 Å². The molecule has 1 aliphatic carbocycles. The van der Waals surface area contributed by atoms with Crippen molar-refractivity contribution in [3.05, 3.63) is 65.5 Å². The Balaban J connectivity index is 1.78. The molecular weight excluding hydrogens is 319 g/mol. The molecule has 2 aromatic carbocycles. The maximum absolute atomic E-state index is 13.3. The van der Waals surface area contributed by atoms with E-state index in [0.29, 0.717) is 6.54 Å². The fraction of sp³-hybridized carbons (Fsp3) is 0.350. The number of hydrogen-bond acceptors (Lipinski definition) is 3. The zero-order chi connectivity index (χ0) is 17.8. The number of rotatable bonds is 7. The average molecular weight is 342 g/mol. The quantitative estimate of drug-likeness (QED) is 0.839. The van der Waals surface area contributed by atoms with Crippen LogP contribution in [0.1, 0.15) is 30.0 Å². The first-order chi connectivity index (χ1) is 12.1. The minimum Gasteiger partial charge on any atom is -0.497 e. The SMILES string of the molecule is COc1ccc(CN(C)C(C(=O)NC2CC2)c2ccc(F)cc2)cc1. The number of nitrogens with zero attached hydrogens (tertiary/aromatic N) is 1. The summed E-state index contributed by atoms with van der Waals surface area (Å²) in [5.74, 6) is 0.459. The first kappa shape index (κ1) is 17.4. The lowest BCUT2D eigenvalue weighted by Gasteiger charge is -2.28. The van der Waals surface area contributed by atoms with Crippen molar-refractivity contribution in [3.63, 3.8) is 0 Å². The molecule has 4 nitrogen and oxygen atoms in total. The van der Waals surface area contributed by atoms with Crippen molar-refractivity contribution in [1.82, 2.24) is 10.2 Å². The topological polar surface area (TPSA) is 41.6 Å². The average Bonchev–Trinajstić information content (AvgIpc) is 3.41. The Morgan fingerprint density at radius 1 is 1.20 bits per heavy atom. The Morgan fingerprint density at radius 3 is 2.40 bits per heavy atom. The van der Waals surface area contributed by atoms with Gasteiger partial charge in [-0.3, -0.25) is 9.69 Å². The number of carbonyl (C=O) groups is 1. The molecule has 5 heteroatoms. The number of nitrogens with one attached hydrogen (secondary N) is 1. The molecule has 0 bridgehead atoms. The summed E-state index contributed by atoms with van der Waals surface area (Å²) in [7, 11) is 3.54. The van der Waals surface area contributed by atoms with E-state index in [1.807, 2.05) is 36.2 Å². The molecule has 0 aromatic heterocycles. The highest BCUT2D eigenvalue weighted by molar-refractivity contribution is 5.83. The van der Waals surface area contributed by atoms with Crippen LogP contribution in [-0.4, -0.2) is 31.0 Å². The normalized spacial score (nSPS) is 15.0. The monoisotopic (exact) mass is 342 g/mol. The highest BCUT2D eigenvalue weighted by Crippen LogP contribution is 2.26. The third kappa shape index (κ3) is 4.57. The molecular formula is C20H23FN2O2. The minimum atomic E-state index is -0.455. The third-order valence-electron chi connectivity index (χ3n) is 4.39. The standard InChI is InChI=1S/C20H23FN2O2/c1-23(13-14-3-11-18(25-2)12-4-14)19(20(24)22-17-9-10-17)15-5-7-16(21)8-6-15/h3-8,11-12,17,19H,9-10,13H2,1-2H3,(H,22,24). The number of hydrogen-bond donors (Lipinski definition) is 1. The number of halogens is 1. The fourth-order valence-electron chi connectivity index (χ4n) is 2.87. The van der Waals surface area contributed by atoms with Gasteiger partial charge in [-0.15, -0.1) is 0 Å². The Bertz CT molecular complexity index is 711. The first-order valence-corrected chi connectivity index (χ1v) is 8.46. The van der Waals surface area contributed by atoms with Crippen molar-refractivity contribution >= 4 is 5.91 Å². The van der Waals surface area contributed by atoms with E-state index >= 15 is 0 Å². The van der Waals surface area contributed by atoms with Gasteiger partial charge in [-0.25, -0.2) is 4.39 Å². The van der Waals surface area contributed by atoms with Crippen LogP contribution in [0.25, 0.3) is 0 Å². The van der Waals surface area contributed by atoms with E-state index in [0.717, 1.165) is 29.7 Å². The number of benzene rings is 2. The second-order valence-corrected chi connectivity index (χ2v) is 6.50. The first-order valence-electron chi connectivity index (χ1n) is 8.46. The Labute approximate surface area is 147 Å². The van der Waals surface area contributed by atoms with Gasteiger partial charge in [0, 0.05) is 12.6 Å². The number of methoxy groups -OCH3 is 1. The van der Waals surface area contributed by atoms with Crippen LogP contribution in [0.2, 0.25) is 0 Å². The van der Waals surface area contributed by atoms with E-state index < -0.39 is 6.04 Å². The molecule has 1 N–H and O–H groups in total. The Morgan fingerprint density at radius 2 is 1.84 bits per heavy atom. The Hall–Kier alpha value is -2.40. The van der Waals surface area contributed by atoms with Crippen LogP contribution in [0.3, 0.4) is 0 Å². The highest BCUT2D eigenvalue weighted by Gasteiger charge is 2.30. The van der Waals surface area contributed by atoms with Crippen LogP contribution < -0.4 is 10.1 Å². The maximum atomic E-state index is 13.3. The molecule has 1 amide bonds. The van der Waals surface area contributed by atoms with Gasteiger partial charge in [0.25, 0.3) is 0 Å². The van der Waals surface area contributed by atoms with Crippen LogP contribution in [0.5, 0.6) is 5.75 Å². The molecule has 3 rings (SSSR count). The molecule has 25 heavy (non-hydrogen) atoms. The summed E-state index contributed by atoms with van der Waals surface area (Å²) in [6, 6.07) is 13.7. The molecule has 1 aliphatic rings. The van der Waals surface area contributed by atoms with Gasteiger partial charge in [-0.2, -0.15) is 0 Å². The Kier molecular flexibility index (Phi) is 5.34. The number of ether oxygens (including phenoxy) is 1. The van der Waals surface area contributed by atoms with Crippen molar-refractivity contribution in [3.8, 4) is 5.75 Å². The third-order valence-corrected chi connectivity index (χ3v) is 4.39. The van der Waals surface area contributed by atoms with Crippen molar-refractivity contribution in [1.29, 1.82) is 0 Å². The molecule has 2 aromatic rings. The summed E-state index contributed by atoms with van der Waals surface area (Å²) in [5, 5.41) is 3.06. The van der Waals surface area contributed by atoms with Crippen molar-refractivity contribution < 1.29 is 13.9 Å². The molecule has 1 unspecified atom stereocenters. The molecule has 0 heterocycles. The lowest BCUT2D eigenvalue weighted by molar-refractivity contribution is -0.126. The van der Waals surface area contributed by atoms with E-state index in [9.17, 15) is 9.18 Å². The van der Waals surface area contributed by atoms with Gasteiger partial charge in [0.15, 0.2) is 0 Å². The number of likely N-dealkylation sites (N-methyl/N-ethyl adjacent to an activating group) is 1. The van der Waals surface area contributed by atoms with Gasteiger partial charge in [-0.05, 0) is 55.3 Å². The van der Waals surface area contributed by atoms with E-state index in [2.05, 4.69) is 5.32 Å². The molecule has 1 saturated carbocycles. The van der Waals surface area contributed by atoms with Crippen molar-refractivity contribution in [2.24, 2.45) is 0 Å². The van der Waals surface area contributed by atoms with Gasteiger partial charge >= 0.3 is 0 Å². The number of amides is 1. The predicted molar refractivity (Wildman–Crippen MR) is 94.8 cm³/mol. The van der Waals surface area contributed by atoms with Crippen LogP contribution in [0, 0.1) is 5.82 Å². The lowest BCUT2D eigenvalue weighted by Crippen LogP contribution is -2.39. The number of carbonyl (C=O) groups excluding carboxylic acids is 1. The largest absolute Gasteiger partial charge is 0.497 e. The minimum absolute atomic E-state index is 0.0369. The van der Waals surface area contributed by atoms with Crippen molar-refractivity contribution in [2.75, 3.05) is 14.2 Å². The second-order valence-electron chi connectivity index (χ2n) is 6.50. The molecule has 132 valence electrons. The van der Waals surface area contributed by atoms with E-state index in [4.69, 9.17) is 4.74 Å². The summed E-state index contributed by atoms with van der Waals surface area (Å²) < 4.78 is 18.4. The van der Waals surface area contributed by atoms with Crippen LogP contribution in [-0.2, 0) is 11.3 Å². The van der Waals surface area contributed by atoms with E-state index in [1.165, 1.54) is 12.1 Å². The van der Waals surface area contributed by atoms with Crippen LogP contribution in [0.4, 0.5) is 4.39 Å². The van der Waals surface area contributed by atoms with Crippen LogP contribution >= 0.6 is 0 Å². The van der Waals surface area contributed by atoms with Gasteiger partial charge in [0.05, 0.1) is 7.11 Å². The molecule has 1 fully saturated rings. The smallest absolute Gasteiger partial charge is 0.242 e. The van der Waals surface area contributed by atoms with Gasteiger partial charge in [0.2, 0.25) is 5.91 Å². The molecule has 1 atom stereocenters. The zero-order valence-electron chi connectivity index (χ0n) is 14.5. The van der Waals surface area contributed by atoms with Crippen LogP contribution in [0.15, 0.2) is 48.5 Å². The zero-order valence-corrected chi connectivity index (χ0v) is 14.5. The van der Waals surface area contributed by atoms with Gasteiger partial charge < -0.3 is 10.1 Å². The highest BCUT2D eigenvalue weighted by atomic mass is 19.1. The fourth-order valence-corrected chi connectivity index (χ4v) is 2.87. The molecule has 0 aliphatic heterocycles. The summed E-state index contributed by atoms with van der Waals surface area (Å²) in [4.78, 5) is 14.7. The molecule has 0 radical (unpaired) electrons. The van der Waals surface area contributed by atoms with Gasteiger partial charge in [-0.1, -0.05) is 24.3 Å². The summed E-state index contributed by atoms with van der Waals surface area (Å²) in [6.07, 6.45) is 2.06. The molecule has 0 spiro atoms. The summed E-state index contributed by atoms with van der Waals surface area (Å²) in [6.45, 7) is 0.601. The van der Waals surface area contributed by atoms with Crippen molar-refractivity contribution in [2.45, 2.75) is 31.5 Å². The second kappa shape index (κ2) is 7.66. The molecule has 0 saturated heterocycles. The van der Waals surface area contributed by atoms with E-state index in [1.54, 1.807) is 19.2 Å².